The monoisotopic (exact) mass is 1310 g/mol. The van der Waals surface area contributed by atoms with Gasteiger partial charge >= 0.3 is 11.9 Å². The molecule has 0 aliphatic heterocycles. The van der Waals surface area contributed by atoms with Crippen molar-refractivity contribution in [3.05, 3.63) is 60.8 Å². The Hall–Kier alpha value is -2.29. The zero-order valence-corrected chi connectivity index (χ0v) is 62.7. The van der Waals surface area contributed by atoms with Crippen LogP contribution < -0.4 is 4.89 Å². The molecule has 92 heavy (non-hydrogen) atoms. The number of phosphoric ester groups is 1. The van der Waals surface area contributed by atoms with Gasteiger partial charge in [0, 0.05) is 12.8 Å². The van der Waals surface area contributed by atoms with Crippen LogP contribution in [0.1, 0.15) is 399 Å². The van der Waals surface area contributed by atoms with E-state index >= 15 is 0 Å². The van der Waals surface area contributed by atoms with Gasteiger partial charge in [-0.05, 0) is 77.0 Å². The number of unbranched alkanes of at least 4 members (excludes halogenated alkanes) is 51. The van der Waals surface area contributed by atoms with Gasteiger partial charge in [0.05, 0.1) is 27.7 Å². The van der Waals surface area contributed by atoms with E-state index in [4.69, 9.17) is 18.5 Å². The van der Waals surface area contributed by atoms with E-state index < -0.39 is 26.5 Å². The van der Waals surface area contributed by atoms with Gasteiger partial charge in [0.15, 0.2) is 6.10 Å². The molecule has 540 valence electrons. The molecule has 0 spiro atoms. The van der Waals surface area contributed by atoms with Gasteiger partial charge in [-0.25, -0.2) is 0 Å². The number of carbonyl (C=O) groups excluding carboxylic acids is 2. The van der Waals surface area contributed by atoms with Crippen LogP contribution in [0.4, 0.5) is 0 Å². The minimum absolute atomic E-state index is 0.0289. The molecule has 0 saturated carbocycles. The summed E-state index contributed by atoms with van der Waals surface area (Å²) in [6.45, 7) is 4.20. The second kappa shape index (κ2) is 73.0. The summed E-state index contributed by atoms with van der Waals surface area (Å²) in [5, 5.41) is 0. The standard InChI is InChI=1S/C82H154NO8P/c1-6-8-10-12-14-16-18-20-22-24-26-28-30-32-34-36-38-39-40-41-42-43-45-46-48-50-52-54-56-58-60-62-64-66-68-70-72-74-81(84)88-78-80(79-90-92(86,87)89-77-76-83(3,4)5)91-82(85)75-73-71-69-67-65-63-61-59-57-55-53-51-49-47-44-37-35-33-31-29-27-25-23-21-19-17-15-13-11-9-7-2/h9,11,15,17,21,23-24,26-27,29,80H,6-8,10,12-14,16,18-20,22,25,28,30-79H2,1-5H3/b11-9-,17-15-,23-21-,26-24-,29-27-. The highest BCUT2D eigenvalue weighted by Crippen LogP contribution is 2.38. The Kier molecular flexibility index (Phi) is 71.2. The van der Waals surface area contributed by atoms with Gasteiger partial charge in [-0.2, -0.15) is 0 Å². The molecule has 0 aromatic heterocycles. The third-order valence-electron chi connectivity index (χ3n) is 18.0. The molecule has 0 fully saturated rings. The highest BCUT2D eigenvalue weighted by atomic mass is 31.2. The van der Waals surface area contributed by atoms with E-state index in [9.17, 15) is 19.0 Å². The van der Waals surface area contributed by atoms with Crippen LogP contribution in [0.25, 0.3) is 0 Å². The molecule has 2 unspecified atom stereocenters. The largest absolute Gasteiger partial charge is 0.756 e. The number of quaternary nitrogens is 1. The van der Waals surface area contributed by atoms with Crippen LogP contribution in [0, 0.1) is 0 Å². The summed E-state index contributed by atoms with van der Waals surface area (Å²) in [5.74, 6) is -0.811. The lowest BCUT2D eigenvalue weighted by Crippen LogP contribution is -2.37. The van der Waals surface area contributed by atoms with Crippen LogP contribution in [0.2, 0.25) is 0 Å². The average molecular weight is 1310 g/mol. The fourth-order valence-corrected chi connectivity index (χ4v) is 12.7. The minimum atomic E-state index is -4.64. The summed E-state index contributed by atoms with van der Waals surface area (Å²) in [6.07, 6.45) is 97.8. The molecule has 0 aromatic rings. The Morgan fingerprint density at radius 1 is 0.348 bits per heavy atom. The molecule has 0 amide bonds. The van der Waals surface area contributed by atoms with Crippen LogP contribution >= 0.6 is 7.82 Å². The van der Waals surface area contributed by atoms with Crippen LogP contribution in [0.15, 0.2) is 60.8 Å². The molecule has 2 atom stereocenters. The maximum absolute atomic E-state index is 12.9. The highest BCUT2D eigenvalue weighted by molar-refractivity contribution is 7.45. The lowest BCUT2D eigenvalue weighted by Gasteiger charge is -2.28. The van der Waals surface area contributed by atoms with E-state index in [1.165, 1.54) is 302 Å². The van der Waals surface area contributed by atoms with Gasteiger partial charge < -0.3 is 27.9 Å². The SMILES string of the molecule is CC/C=C\C/C=C\C/C=C\C/C=C\CCCCCCCCCCCCCCCCCCCCC(=O)OC(COC(=O)CCCCCCCCCCCCCCCCCCCCCCCCCCC/C=C\CCCCCCCCCC)COP(=O)([O-])OCC[N+](C)(C)C. The quantitative estimate of drug-likeness (QED) is 0.0195. The van der Waals surface area contributed by atoms with Gasteiger partial charge in [0.2, 0.25) is 0 Å². The molecule has 0 saturated heterocycles. The summed E-state index contributed by atoms with van der Waals surface area (Å²) in [4.78, 5) is 38.2. The number of carbonyl (C=O) groups is 2. The van der Waals surface area contributed by atoms with Crippen LogP contribution in [-0.2, 0) is 32.7 Å². The number of likely N-dealkylation sites (N-methyl/N-ethyl adjacent to an activating group) is 1. The van der Waals surface area contributed by atoms with Crippen molar-refractivity contribution in [2.45, 2.75) is 405 Å². The van der Waals surface area contributed by atoms with E-state index in [1.54, 1.807) is 0 Å². The van der Waals surface area contributed by atoms with Gasteiger partial charge in [-0.3, -0.25) is 14.2 Å². The number of phosphoric acid groups is 1. The predicted octanol–water partition coefficient (Wildman–Crippen LogP) is 25.9. The van der Waals surface area contributed by atoms with E-state index in [0.29, 0.717) is 17.4 Å². The maximum Gasteiger partial charge on any atom is 0.306 e. The lowest BCUT2D eigenvalue weighted by atomic mass is 10.0. The second-order valence-electron chi connectivity index (χ2n) is 28.4. The Balaban J connectivity index is 3.91. The van der Waals surface area contributed by atoms with Crippen molar-refractivity contribution in [3.63, 3.8) is 0 Å². The van der Waals surface area contributed by atoms with Crippen molar-refractivity contribution in [1.29, 1.82) is 0 Å². The van der Waals surface area contributed by atoms with Gasteiger partial charge in [0.25, 0.3) is 7.82 Å². The minimum Gasteiger partial charge on any atom is -0.756 e. The predicted molar refractivity (Wildman–Crippen MR) is 397 cm³/mol. The number of rotatable bonds is 75. The van der Waals surface area contributed by atoms with Crippen molar-refractivity contribution >= 4 is 19.8 Å². The van der Waals surface area contributed by atoms with Crippen molar-refractivity contribution in [2.75, 3.05) is 47.5 Å². The summed E-state index contributed by atoms with van der Waals surface area (Å²) < 4.78 is 34.4. The third kappa shape index (κ3) is 76.7. The first kappa shape index (κ1) is 89.7. The summed E-state index contributed by atoms with van der Waals surface area (Å²) in [7, 11) is 1.19. The average Bonchev–Trinajstić information content (AvgIpc) is 2.14. The first-order valence-corrected chi connectivity index (χ1v) is 41.5. The van der Waals surface area contributed by atoms with Gasteiger partial charge in [-0.15, -0.1) is 0 Å². The fraction of sp³-hybridized carbons (Fsp3) is 0.854. The summed E-state index contributed by atoms with van der Waals surface area (Å²) in [6, 6.07) is 0. The van der Waals surface area contributed by atoms with E-state index in [-0.39, 0.29) is 32.0 Å². The molecule has 9 nitrogen and oxygen atoms in total. The van der Waals surface area contributed by atoms with Gasteiger partial charge in [-0.1, -0.05) is 370 Å². The van der Waals surface area contributed by atoms with E-state index in [2.05, 4.69) is 74.6 Å². The molecule has 0 heterocycles. The van der Waals surface area contributed by atoms with Crippen molar-refractivity contribution in [3.8, 4) is 0 Å². The number of hydrogen-bond donors (Lipinski definition) is 0. The third-order valence-corrected chi connectivity index (χ3v) is 19.0. The molecule has 10 heteroatoms. The number of hydrogen-bond acceptors (Lipinski definition) is 8. The molecule has 0 aliphatic rings. The summed E-state index contributed by atoms with van der Waals surface area (Å²) in [5.41, 5.74) is 0. The van der Waals surface area contributed by atoms with Crippen LogP contribution in [0.3, 0.4) is 0 Å². The topological polar surface area (TPSA) is 111 Å². The first-order chi connectivity index (χ1) is 45.0. The van der Waals surface area contributed by atoms with E-state index in [1.807, 2.05) is 21.1 Å². The Morgan fingerprint density at radius 2 is 0.620 bits per heavy atom. The molecule has 0 aromatic carbocycles. The Morgan fingerprint density at radius 3 is 0.935 bits per heavy atom. The molecule has 0 aliphatic carbocycles. The molecule has 0 N–H and O–H groups in total. The highest BCUT2D eigenvalue weighted by Gasteiger charge is 2.22. The summed E-state index contributed by atoms with van der Waals surface area (Å²) >= 11 is 0. The Labute approximate surface area is 572 Å². The van der Waals surface area contributed by atoms with Crippen LogP contribution in [0.5, 0.6) is 0 Å². The zero-order valence-electron chi connectivity index (χ0n) is 61.8. The molecular formula is C82H154NO8P. The maximum atomic E-state index is 12.9. The number of ether oxygens (including phenoxy) is 2. The van der Waals surface area contributed by atoms with Crippen molar-refractivity contribution in [1.82, 2.24) is 0 Å². The normalized spacial score (nSPS) is 13.3. The smallest absolute Gasteiger partial charge is 0.306 e. The number of esters is 2. The number of nitrogens with zero attached hydrogens (tertiary/aromatic N) is 1. The van der Waals surface area contributed by atoms with Crippen LogP contribution in [-0.4, -0.2) is 70.0 Å². The van der Waals surface area contributed by atoms with E-state index in [0.717, 1.165) is 64.2 Å². The lowest BCUT2D eigenvalue weighted by molar-refractivity contribution is -0.870. The second-order valence-corrected chi connectivity index (χ2v) is 29.8. The first-order valence-electron chi connectivity index (χ1n) is 40.0. The van der Waals surface area contributed by atoms with Crippen molar-refractivity contribution < 1.29 is 42.1 Å². The van der Waals surface area contributed by atoms with Crippen molar-refractivity contribution in [2.24, 2.45) is 0 Å². The molecule has 0 rings (SSSR count). The number of allylic oxidation sites excluding steroid dienone is 10. The molecule has 0 radical (unpaired) electrons. The zero-order chi connectivity index (χ0) is 66.9. The van der Waals surface area contributed by atoms with Gasteiger partial charge in [0.1, 0.15) is 19.8 Å². The Bertz CT molecular complexity index is 1740. The molecule has 0 bridgehead atoms. The molecular weight excluding hydrogens is 1160 g/mol. The fourth-order valence-electron chi connectivity index (χ4n) is 11.9.